The summed E-state index contributed by atoms with van der Waals surface area (Å²) in [5.41, 5.74) is 3.54. The molecular weight excluding hydrogens is 522 g/mol. The summed E-state index contributed by atoms with van der Waals surface area (Å²) in [6.07, 6.45) is 9.71. The quantitative estimate of drug-likeness (QED) is 0.135. The topological polar surface area (TPSA) is 80.6 Å². The van der Waals surface area contributed by atoms with E-state index in [2.05, 4.69) is 35.0 Å². The number of aryl methyl sites for hydroxylation is 1. The Hall–Kier alpha value is -2.84. The van der Waals surface area contributed by atoms with Crippen molar-refractivity contribution in [2.24, 2.45) is 7.05 Å². The van der Waals surface area contributed by atoms with Gasteiger partial charge in [0.05, 0.1) is 18.4 Å². The number of anilines is 1. The molecule has 3 rings (SSSR count). The van der Waals surface area contributed by atoms with Crippen LogP contribution in [-0.4, -0.2) is 56.2 Å². The maximum Gasteiger partial charge on any atom is 0.229 e. The molecule has 1 N–H and O–H groups in total. The summed E-state index contributed by atoms with van der Waals surface area (Å²) < 4.78 is 34.3. The van der Waals surface area contributed by atoms with E-state index in [1.807, 2.05) is 37.4 Å². The largest absolute Gasteiger partial charge is 0.494 e. The van der Waals surface area contributed by atoms with Gasteiger partial charge in [0.25, 0.3) is 0 Å². The van der Waals surface area contributed by atoms with Gasteiger partial charge < -0.3 is 14.2 Å². The van der Waals surface area contributed by atoms with Gasteiger partial charge in [-0.3, -0.25) is 9.52 Å². The smallest absolute Gasteiger partial charge is 0.229 e. The fourth-order valence-electron chi connectivity index (χ4n) is 5.09. The summed E-state index contributed by atoms with van der Waals surface area (Å²) in [7, 11) is -1.47. The van der Waals surface area contributed by atoms with Crippen LogP contribution in [-0.2, 0) is 23.5 Å². The second-order valence-electron chi connectivity index (χ2n) is 10.7. The maximum atomic E-state index is 13.9. The number of fused-ring (bicyclic) bond motifs is 1. The SMILES string of the molecule is CCCCc1c(C(=O)c2ccc(OCCCN(CCCC)CCCC)cc2)c2cc(NS(C)(=O)=O)ccc2n1C. The lowest BCUT2D eigenvalue weighted by Gasteiger charge is -2.21. The van der Waals surface area contributed by atoms with E-state index in [0.717, 1.165) is 73.9 Å². The van der Waals surface area contributed by atoms with Crippen LogP contribution in [0.5, 0.6) is 5.75 Å². The Bertz CT molecular complexity index is 1340. The van der Waals surface area contributed by atoms with Gasteiger partial charge in [0.1, 0.15) is 5.75 Å². The lowest BCUT2D eigenvalue weighted by Crippen LogP contribution is -2.28. The second-order valence-corrected chi connectivity index (χ2v) is 12.4. The molecule has 8 heteroatoms. The summed E-state index contributed by atoms with van der Waals surface area (Å²) in [6.45, 7) is 10.6. The van der Waals surface area contributed by atoms with Crippen molar-refractivity contribution in [1.29, 1.82) is 0 Å². The van der Waals surface area contributed by atoms with Gasteiger partial charge in [0.15, 0.2) is 5.78 Å². The van der Waals surface area contributed by atoms with E-state index >= 15 is 0 Å². The van der Waals surface area contributed by atoms with E-state index in [9.17, 15) is 13.2 Å². The molecule has 0 fully saturated rings. The molecule has 7 nitrogen and oxygen atoms in total. The van der Waals surface area contributed by atoms with Crippen molar-refractivity contribution < 1.29 is 17.9 Å². The van der Waals surface area contributed by atoms with Gasteiger partial charge in [-0.2, -0.15) is 0 Å². The van der Waals surface area contributed by atoms with Crippen molar-refractivity contribution >= 4 is 32.4 Å². The molecule has 40 heavy (non-hydrogen) atoms. The van der Waals surface area contributed by atoms with Crippen LogP contribution in [0.2, 0.25) is 0 Å². The number of nitrogens with zero attached hydrogens (tertiary/aromatic N) is 2. The number of rotatable bonds is 18. The minimum atomic E-state index is -3.44. The first kappa shape index (κ1) is 31.7. The van der Waals surface area contributed by atoms with Crippen LogP contribution < -0.4 is 9.46 Å². The number of hydrogen-bond acceptors (Lipinski definition) is 5. The average Bonchev–Trinajstić information content (AvgIpc) is 3.20. The van der Waals surface area contributed by atoms with Gasteiger partial charge in [0, 0.05) is 41.4 Å². The van der Waals surface area contributed by atoms with Crippen LogP contribution in [0.15, 0.2) is 42.5 Å². The molecule has 2 aromatic carbocycles. The summed E-state index contributed by atoms with van der Waals surface area (Å²) >= 11 is 0. The number of nitrogens with one attached hydrogen (secondary N) is 1. The van der Waals surface area contributed by atoms with Crippen molar-refractivity contribution in [3.05, 3.63) is 59.3 Å². The number of sulfonamides is 1. The Morgan fingerprint density at radius 2 is 1.52 bits per heavy atom. The molecule has 0 atom stereocenters. The van der Waals surface area contributed by atoms with Crippen molar-refractivity contribution in [1.82, 2.24) is 9.47 Å². The molecule has 0 aliphatic carbocycles. The second kappa shape index (κ2) is 15.2. The Kier molecular flexibility index (Phi) is 12.1. The number of unbranched alkanes of at least 4 members (excludes halogenated alkanes) is 3. The third-order valence-electron chi connectivity index (χ3n) is 7.28. The van der Waals surface area contributed by atoms with Crippen LogP contribution >= 0.6 is 0 Å². The summed E-state index contributed by atoms with van der Waals surface area (Å²) in [5.74, 6) is 0.691. The van der Waals surface area contributed by atoms with E-state index in [0.29, 0.717) is 23.4 Å². The Balaban J connectivity index is 1.76. The predicted octanol–water partition coefficient (Wildman–Crippen LogP) is 6.79. The number of hydrogen-bond donors (Lipinski definition) is 1. The van der Waals surface area contributed by atoms with E-state index in [-0.39, 0.29) is 5.78 Å². The summed E-state index contributed by atoms with van der Waals surface area (Å²) in [6, 6.07) is 12.8. The van der Waals surface area contributed by atoms with E-state index < -0.39 is 10.0 Å². The van der Waals surface area contributed by atoms with Crippen LogP contribution in [0.1, 0.15) is 87.3 Å². The number of carbonyl (C=O) groups is 1. The normalized spacial score (nSPS) is 11.8. The highest BCUT2D eigenvalue weighted by atomic mass is 32.2. The fourth-order valence-corrected chi connectivity index (χ4v) is 5.64. The molecule has 0 bridgehead atoms. The molecule has 0 saturated carbocycles. The zero-order chi connectivity index (χ0) is 29.1. The van der Waals surface area contributed by atoms with Gasteiger partial charge in [-0.1, -0.05) is 40.0 Å². The predicted molar refractivity (Wildman–Crippen MR) is 166 cm³/mol. The Morgan fingerprint density at radius 1 is 0.900 bits per heavy atom. The van der Waals surface area contributed by atoms with E-state index in [4.69, 9.17) is 4.74 Å². The third-order valence-corrected chi connectivity index (χ3v) is 7.88. The molecule has 1 heterocycles. The molecule has 0 aliphatic heterocycles. The molecule has 0 spiro atoms. The van der Waals surface area contributed by atoms with Crippen molar-refractivity contribution in [2.45, 2.75) is 72.1 Å². The highest BCUT2D eigenvalue weighted by Gasteiger charge is 2.23. The summed E-state index contributed by atoms with van der Waals surface area (Å²) in [5, 5.41) is 0.753. The minimum Gasteiger partial charge on any atom is -0.494 e. The third kappa shape index (κ3) is 8.83. The first-order valence-electron chi connectivity index (χ1n) is 14.8. The highest BCUT2D eigenvalue weighted by molar-refractivity contribution is 7.92. The lowest BCUT2D eigenvalue weighted by molar-refractivity contribution is 0.103. The van der Waals surface area contributed by atoms with Crippen molar-refractivity contribution in [3.8, 4) is 5.75 Å². The number of aromatic nitrogens is 1. The van der Waals surface area contributed by atoms with Gasteiger partial charge in [-0.05, 0) is 87.7 Å². The number of ether oxygens (including phenoxy) is 1. The highest BCUT2D eigenvalue weighted by Crippen LogP contribution is 2.32. The molecule has 0 aliphatic rings. The van der Waals surface area contributed by atoms with E-state index in [1.54, 1.807) is 12.1 Å². The van der Waals surface area contributed by atoms with Gasteiger partial charge in [-0.25, -0.2) is 8.42 Å². The standard InChI is InChI=1S/C32H47N3O4S/c1-6-9-13-30-31(28-24-26(33-40(5,37)38)16-19-29(28)34(30)4)32(36)25-14-17-27(18-15-25)39-23-12-22-35(20-10-7-2)21-11-8-3/h14-19,24,33H,6-13,20-23H2,1-5H3. The Morgan fingerprint density at radius 3 is 2.12 bits per heavy atom. The van der Waals surface area contributed by atoms with Crippen LogP contribution in [0.4, 0.5) is 5.69 Å². The molecule has 0 saturated heterocycles. The fraction of sp³-hybridized carbons (Fsp3) is 0.531. The van der Waals surface area contributed by atoms with Gasteiger partial charge in [0.2, 0.25) is 10.0 Å². The number of benzene rings is 2. The molecule has 0 amide bonds. The number of carbonyl (C=O) groups excluding carboxylic acids is 1. The molecule has 220 valence electrons. The van der Waals surface area contributed by atoms with Crippen molar-refractivity contribution in [2.75, 3.05) is 37.2 Å². The van der Waals surface area contributed by atoms with Crippen molar-refractivity contribution in [3.63, 3.8) is 0 Å². The number of ketones is 1. The average molecular weight is 570 g/mol. The monoisotopic (exact) mass is 569 g/mol. The molecular formula is C32H47N3O4S. The van der Waals surface area contributed by atoms with E-state index in [1.165, 1.54) is 25.7 Å². The summed E-state index contributed by atoms with van der Waals surface area (Å²) in [4.78, 5) is 16.4. The van der Waals surface area contributed by atoms with Gasteiger partial charge >= 0.3 is 0 Å². The Labute approximate surface area is 241 Å². The minimum absolute atomic E-state index is 0.0674. The van der Waals surface area contributed by atoms with Crippen LogP contribution in [0, 0.1) is 0 Å². The molecule has 0 unspecified atom stereocenters. The molecule has 1 aromatic heterocycles. The molecule has 3 aromatic rings. The van der Waals surface area contributed by atoms with Gasteiger partial charge in [-0.15, -0.1) is 0 Å². The maximum absolute atomic E-state index is 13.9. The lowest BCUT2D eigenvalue weighted by atomic mass is 9.98. The zero-order valence-electron chi connectivity index (χ0n) is 25.0. The molecule has 0 radical (unpaired) electrons. The van der Waals surface area contributed by atoms with Crippen LogP contribution in [0.25, 0.3) is 10.9 Å². The first-order valence-corrected chi connectivity index (χ1v) is 16.7. The van der Waals surface area contributed by atoms with Crippen LogP contribution in [0.3, 0.4) is 0 Å². The first-order chi connectivity index (χ1) is 19.2. The zero-order valence-corrected chi connectivity index (χ0v) is 25.8.